The smallest absolute Gasteiger partial charge is 0.191 e. The van der Waals surface area contributed by atoms with E-state index < -0.39 is 9.84 Å². The molecule has 0 radical (unpaired) electrons. The first-order chi connectivity index (χ1) is 9.98. The van der Waals surface area contributed by atoms with Crippen LogP contribution in [0.1, 0.15) is 12.0 Å². The molecular weight excluding hydrogens is 437 g/mol. The SMILES string of the molecule is CN=C(NCc1ccc(Cl)cc1)NCC1CCS(=O)(=O)C1.I. The summed E-state index contributed by atoms with van der Waals surface area (Å²) in [5.41, 5.74) is 1.10. The van der Waals surface area contributed by atoms with Crippen molar-refractivity contribution in [1.82, 2.24) is 10.6 Å². The van der Waals surface area contributed by atoms with Crippen LogP contribution in [0.5, 0.6) is 0 Å². The average molecular weight is 458 g/mol. The Hall–Kier alpha value is -0.540. The zero-order valence-electron chi connectivity index (χ0n) is 12.4. The topological polar surface area (TPSA) is 70.6 Å². The van der Waals surface area contributed by atoms with Gasteiger partial charge in [0.05, 0.1) is 11.5 Å². The number of nitrogens with one attached hydrogen (secondary N) is 2. The van der Waals surface area contributed by atoms with Gasteiger partial charge in [0, 0.05) is 25.2 Å². The van der Waals surface area contributed by atoms with E-state index in [1.54, 1.807) is 7.05 Å². The van der Waals surface area contributed by atoms with Gasteiger partial charge in [-0.25, -0.2) is 8.42 Å². The van der Waals surface area contributed by atoms with Crippen molar-refractivity contribution >= 4 is 51.4 Å². The Morgan fingerprint density at radius 3 is 2.55 bits per heavy atom. The van der Waals surface area contributed by atoms with Crippen LogP contribution in [-0.2, 0) is 16.4 Å². The van der Waals surface area contributed by atoms with Crippen LogP contribution >= 0.6 is 35.6 Å². The van der Waals surface area contributed by atoms with Gasteiger partial charge in [0.25, 0.3) is 0 Å². The van der Waals surface area contributed by atoms with Gasteiger partial charge in [0.15, 0.2) is 15.8 Å². The number of benzene rings is 1. The Kier molecular flexibility index (Phi) is 7.92. The molecule has 0 aromatic heterocycles. The summed E-state index contributed by atoms with van der Waals surface area (Å²) in [5, 5.41) is 7.09. The molecule has 1 aromatic rings. The van der Waals surface area contributed by atoms with Gasteiger partial charge in [-0.2, -0.15) is 0 Å². The Labute approximate surface area is 153 Å². The fourth-order valence-corrected chi connectivity index (χ4v) is 4.27. The quantitative estimate of drug-likeness (QED) is 0.412. The van der Waals surface area contributed by atoms with Crippen LogP contribution in [0, 0.1) is 5.92 Å². The summed E-state index contributed by atoms with van der Waals surface area (Å²) in [6, 6.07) is 7.59. The van der Waals surface area contributed by atoms with E-state index in [-0.39, 0.29) is 35.6 Å². The van der Waals surface area contributed by atoms with Crippen molar-refractivity contribution in [2.75, 3.05) is 25.1 Å². The van der Waals surface area contributed by atoms with Gasteiger partial charge < -0.3 is 10.6 Å². The third-order valence-electron chi connectivity index (χ3n) is 3.48. The highest BCUT2D eigenvalue weighted by atomic mass is 127. The summed E-state index contributed by atoms with van der Waals surface area (Å²) < 4.78 is 22.8. The van der Waals surface area contributed by atoms with E-state index >= 15 is 0 Å². The largest absolute Gasteiger partial charge is 0.356 e. The summed E-state index contributed by atoms with van der Waals surface area (Å²) in [6.45, 7) is 1.26. The molecule has 1 aromatic carbocycles. The van der Waals surface area contributed by atoms with E-state index in [9.17, 15) is 8.42 Å². The van der Waals surface area contributed by atoms with Gasteiger partial charge in [0.2, 0.25) is 0 Å². The lowest BCUT2D eigenvalue weighted by Gasteiger charge is -2.14. The molecule has 8 heteroatoms. The molecule has 1 unspecified atom stereocenters. The first-order valence-electron chi connectivity index (χ1n) is 6.88. The van der Waals surface area contributed by atoms with Crippen LogP contribution in [-0.4, -0.2) is 39.5 Å². The molecule has 0 saturated carbocycles. The molecule has 2 N–H and O–H groups in total. The lowest BCUT2D eigenvalue weighted by Crippen LogP contribution is -2.39. The van der Waals surface area contributed by atoms with Crippen LogP contribution < -0.4 is 10.6 Å². The Bertz CT molecular complexity index is 605. The summed E-state index contributed by atoms with van der Waals surface area (Å²) >= 11 is 5.84. The molecule has 1 aliphatic rings. The first-order valence-corrected chi connectivity index (χ1v) is 9.08. The highest BCUT2D eigenvalue weighted by molar-refractivity contribution is 14.0. The zero-order chi connectivity index (χ0) is 15.3. The van der Waals surface area contributed by atoms with Crippen molar-refractivity contribution in [3.8, 4) is 0 Å². The molecule has 0 aliphatic carbocycles. The number of rotatable bonds is 4. The number of halogens is 2. The van der Waals surface area contributed by atoms with E-state index in [2.05, 4.69) is 15.6 Å². The Morgan fingerprint density at radius 1 is 1.32 bits per heavy atom. The highest BCUT2D eigenvalue weighted by Crippen LogP contribution is 2.17. The standard InChI is InChI=1S/C14H20ClN3O2S.HI/c1-16-14(17-8-11-2-4-13(15)5-3-11)18-9-12-6-7-21(19,20)10-12;/h2-5,12H,6-10H2,1H3,(H2,16,17,18);1H. The molecule has 0 spiro atoms. The molecule has 1 heterocycles. The van der Waals surface area contributed by atoms with E-state index in [0.29, 0.717) is 29.8 Å². The predicted octanol–water partition coefficient (Wildman–Crippen LogP) is 2.06. The fourth-order valence-electron chi connectivity index (χ4n) is 2.28. The van der Waals surface area contributed by atoms with Gasteiger partial charge >= 0.3 is 0 Å². The maximum absolute atomic E-state index is 11.4. The second-order valence-electron chi connectivity index (χ2n) is 5.20. The van der Waals surface area contributed by atoms with Crippen LogP contribution in [0.2, 0.25) is 5.02 Å². The van der Waals surface area contributed by atoms with Gasteiger partial charge in [-0.05, 0) is 30.0 Å². The minimum atomic E-state index is -2.82. The lowest BCUT2D eigenvalue weighted by molar-refractivity contribution is 0.567. The second kappa shape index (κ2) is 8.93. The van der Waals surface area contributed by atoms with Crippen LogP contribution in [0.15, 0.2) is 29.3 Å². The van der Waals surface area contributed by atoms with Gasteiger partial charge in [-0.15, -0.1) is 24.0 Å². The van der Waals surface area contributed by atoms with Crippen molar-refractivity contribution in [1.29, 1.82) is 0 Å². The van der Waals surface area contributed by atoms with Crippen molar-refractivity contribution in [2.24, 2.45) is 10.9 Å². The highest BCUT2D eigenvalue weighted by Gasteiger charge is 2.27. The molecule has 1 saturated heterocycles. The van der Waals surface area contributed by atoms with Crippen molar-refractivity contribution in [2.45, 2.75) is 13.0 Å². The average Bonchev–Trinajstić information content (AvgIpc) is 2.80. The number of aliphatic imine (C=N–C) groups is 1. The zero-order valence-corrected chi connectivity index (χ0v) is 16.3. The molecule has 0 amide bonds. The van der Waals surface area contributed by atoms with E-state index in [1.165, 1.54) is 0 Å². The lowest BCUT2D eigenvalue weighted by atomic mass is 10.1. The van der Waals surface area contributed by atoms with Crippen molar-refractivity contribution in [3.05, 3.63) is 34.9 Å². The number of hydrogen-bond acceptors (Lipinski definition) is 3. The number of nitrogens with zero attached hydrogens (tertiary/aromatic N) is 1. The molecule has 22 heavy (non-hydrogen) atoms. The number of guanidine groups is 1. The molecule has 2 rings (SSSR count). The molecular formula is C14H21ClIN3O2S. The third-order valence-corrected chi connectivity index (χ3v) is 5.57. The number of sulfone groups is 1. The minimum Gasteiger partial charge on any atom is -0.356 e. The molecule has 0 bridgehead atoms. The van der Waals surface area contributed by atoms with Crippen molar-refractivity contribution in [3.63, 3.8) is 0 Å². The van der Waals surface area contributed by atoms with Gasteiger partial charge in [-0.3, -0.25) is 4.99 Å². The van der Waals surface area contributed by atoms with E-state index in [0.717, 1.165) is 12.0 Å². The number of hydrogen-bond donors (Lipinski definition) is 2. The summed E-state index contributed by atoms with van der Waals surface area (Å²) in [7, 11) is -1.13. The normalized spacial score (nSPS) is 20.3. The maximum Gasteiger partial charge on any atom is 0.191 e. The molecule has 5 nitrogen and oxygen atoms in total. The molecule has 124 valence electrons. The molecule has 1 aliphatic heterocycles. The summed E-state index contributed by atoms with van der Waals surface area (Å²) in [5.74, 6) is 1.42. The fraction of sp³-hybridized carbons (Fsp3) is 0.500. The monoisotopic (exact) mass is 457 g/mol. The van der Waals surface area contributed by atoms with Crippen LogP contribution in [0.3, 0.4) is 0 Å². The first kappa shape index (κ1) is 19.5. The van der Waals surface area contributed by atoms with Gasteiger partial charge in [0.1, 0.15) is 0 Å². The van der Waals surface area contributed by atoms with Crippen molar-refractivity contribution < 1.29 is 8.42 Å². The predicted molar refractivity (Wildman–Crippen MR) is 102 cm³/mol. The summed E-state index contributed by atoms with van der Waals surface area (Å²) in [6.07, 6.45) is 0.726. The van der Waals surface area contributed by atoms with Gasteiger partial charge in [-0.1, -0.05) is 23.7 Å². The Balaban J connectivity index is 0.00000242. The van der Waals surface area contributed by atoms with E-state index in [4.69, 9.17) is 11.6 Å². The molecule has 1 fully saturated rings. The van der Waals surface area contributed by atoms with E-state index in [1.807, 2.05) is 24.3 Å². The Morgan fingerprint density at radius 2 is 2.00 bits per heavy atom. The third kappa shape index (κ3) is 6.29. The minimum absolute atomic E-state index is 0. The second-order valence-corrected chi connectivity index (χ2v) is 7.87. The maximum atomic E-state index is 11.4. The molecule has 1 atom stereocenters. The summed E-state index contributed by atoms with van der Waals surface area (Å²) in [4.78, 5) is 4.14. The van der Waals surface area contributed by atoms with Crippen LogP contribution in [0.4, 0.5) is 0 Å². The van der Waals surface area contributed by atoms with Crippen LogP contribution in [0.25, 0.3) is 0 Å².